The molecule has 13 heteroatoms. The predicted octanol–water partition coefficient (Wildman–Crippen LogP) is 8.00. The van der Waals surface area contributed by atoms with Crippen LogP contribution in [0.15, 0.2) is 65.8 Å². The zero-order valence-electron chi connectivity index (χ0n) is 26.1. The van der Waals surface area contributed by atoms with Crippen LogP contribution in [0.1, 0.15) is 63.6 Å². The van der Waals surface area contributed by atoms with Gasteiger partial charge >= 0.3 is 6.09 Å². The Morgan fingerprint density at radius 2 is 1.70 bits per heavy atom. The number of rotatable bonds is 9. The molecule has 4 rings (SSSR count). The maximum Gasteiger partial charge on any atom is 0.412 e. The van der Waals surface area contributed by atoms with Crippen molar-refractivity contribution in [3.8, 4) is 0 Å². The van der Waals surface area contributed by atoms with Crippen molar-refractivity contribution in [2.45, 2.75) is 76.8 Å². The van der Waals surface area contributed by atoms with Crippen molar-refractivity contribution in [1.82, 2.24) is 4.90 Å². The summed E-state index contributed by atoms with van der Waals surface area (Å²) in [6, 6.07) is 9.39. The first-order valence-electron chi connectivity index (χ1n) is 14.6. The van der Waals surface area contributed by atoms with E-state index in [2.05, 4.69) is 15.3 Å². The number of ether oxygens (including phenoxy) is 2. The number of hydrogen-bond donors (Lipinski definition) is 1. The van der Waals surface area contributed by atoms with Gasteiger partial charge in [0.25, 0.3) is 0 Å². The molecule has 1 aliphatic rings. The van der Waals surface area contributed by atoms with Crippen LogP contribution in [0.3, 0.4) is 0 Å². The number of carbonyl (C=O) groups excluding carboxylic acids is 2. The first kappa shape index (κ1) is 34.3. The normalized spacial score (nSPS) is 17.2. The van der Waals surface area contributed by atoms with Crippen molar-refractivity contribution >= 4 is 17.7 Å². The van der Waals surface area contributed by atoms with Crippen LogP contribution in [0.4, 0.5) is 28.0 Å². The fourth-order valence-electron chi connectivity index (χ4n) is 5.53. The molecule has 1 unspecified atom stereocenters. The van der Waals surface area contributed by atoms with Gasteiger partial charge in [0.05, 0.1) is 12.6 Å². The van der Waals surface area contributed by atoms with Gasteiger partial charge in [0.15, 0.2) is 0 Å². The molecule has 0 saturated carbocycles. The van der Waals surface area contributed by atoms with Crippen LogP contribution in [0.5, 0.6) is 0 Å². The third-order valence-corrected chi connectivity index (χ3v) is 7.50. The lowest BCUT2D eigenvalue weighted by atomic mass is 9.84. The lowest BCUT2D eigenvalue weighted by molar-refractivity contribution is -0.117. The summed E-state index contributed by atoms with van der Waals surface area (Å²) >= 11 is 0. The summed E-state index contributed by atoms with van der Waals surface area (Å²) in [5.41, 5.74) is 8.03. The number of benzene rings is 3. The maximum atomic E-state index is 15.3. The van der Waals surface area contributed by atoms with E-state index < -0.39 is 64.6 Å². The standard InChI is InChI=1S/C33H35F4N5O4/c1-32(2,3)46-31(44)42-24(18-45-33(42,4)5)13-14-25-26(37)7-6-8-27(25)39-30(43)29(40-41-38)28(19-9-11-21(34)12-10-19)20-15-22(35)17-23(36)16-20/h6-12,15-17,24,28-29H,13-14,18H2,1-5H3,(H,39,43)/t24?,28-,29-/m0/s1. The van der Waals surface area contributed by atoms with Gasteiger partial charge < -0.3 is 14.8 Å². The van der Waals surface area contributed by atoms with E-state index in [0.717, 1.165) is 24.3 Å². The van der Waals surface area contributed by atoms with Gasteiger partial charge in [-0.3, -0.25) is 9.69 Å². The summed E-state index contributed by atoms with van der Waals surface area (Å²) in [5.74, 6) is -5.24. The first-order chi connectivity index (χ1) is 21.6. The molecule has 1 fully saturated rings. The van der Waals surface area contributed by atoms with Gasteiger partial charge in [0.1, 0.15) is 40.6 Å². The molecule has 1 N–H and O–H groups in total. The highest BCUT2D eigenvalue weighted by Gasteiger charge is 2.45. The zero-order chi connectivity index (χ0) is 33.8. The molecule has 0 spiro atoms. The molecule has 0 bridgehead atoms. The molecule has 3 aromatic carbocycles. The highest BCUT2D eigenvalue weighted by Crippen LogP contribution is 2.35. The number of amides is 2. The molecule has 1 saturated heterocycles. The van der Waals surface area contributed by atoms with E-state index in [9.17, 15) is 28.3 Å². The largest absolute Gasteiger partial charge is 0.444 e. The van der Waals surface area contributed by atoms with E-state index in [0.29, 0.717) is 6.07 Å². The van der Waals surface area contributed by atoms with Crippen LogP contribution in [-0.2, 0) is 20.7 Å². The van der Waals surface area contributed by atoms with Crippen LogP contribution in [0.25, 0.3) is 10.4 Å². The molecule has 3 atom stereocenters. The number of nitrogens with zero attached hydrogens (tertiary/aromatic N) is 4. The molecule has 0 aliphatic carbocycles. The van der Waals surface area contributed by atoms with Crippen LogP contribution in [0.2, 0.25) is 0 Å². The molecule has 46 heavy (non-hydrogen) atoms. The van der Waals surface area contributed by atoms with Gasteiger partial charge in [-0.25, -0.2) is 22.4 Å². The summed E-state index contributed by atoms with van der Waals surface area (Å²) in [4.78, 5) is 31.1. The Morgan fingerprint density at radius 3 is 2.30 bits per heavy atom. The topological polar surface area (TPSA) is 117 Å². The van der Waals surface area contributed by atoms with Crippen LogP contribution in [0, 0.1) is 23.3 Å². The van der Waals surface area contributed by atoms with Gasteiger partial charge in [-0.15, -0.1) is 0 Å². The quantitative estimate of drug-likeness (QED) is 0.110. The molecular weight excluding hydrogens is 606 g/mol. The van der Waals surface area contributed by atoms with Gasteiger partial charge in [-0.1, -0.05) is 23.3 Å². The zero-order valence-corrected chi connectivity index (χ0v) is 26.1. The van der Waals surface area contributed by atoms with Gasteiger partial charge in [0.2, 0.25) is 5.91 Å². The smallest absolute Gasteiger partial charge is 0.412 e. The third kappa shape index (κ3) is 8.15. The van der Waals surface area contributed by atoms with E-state index in [1.54, 1.807) is 34.6 Å². The Morgan fingerprint density at radius 1 is 1.04 bits per heavy atom. The number of anilines is 1. The Kier molecular flexibility index (Phi) is 10.3. The Balaban J connectivity index is 1.64. The van der Waals surface area contributed by atoms with Crippen molar-refractivity contribution in [1.29, 1.82) is 0 Å². The van der Waals surface area contributed by atoms with Crippen molar-refractivity contribution in [2.24, 2.45) is 5.11 Å². The number of hydrogen-bond acceptors (Lipinski definition) is 5. The molecule has 2 amide bonds. The van der Waals surface area contributed by atoms with E-state index in [1.807, 2.05) is 0 Å². The lowest BCUT2D eigenvalue weighted by Gasteiger charge is -2.35. The Labute approximate surface area is 264 Å². The predicted molar refractivity (Wildman–Crippen MR) is 163 cm³/mol. The van der Waals surface area contributed by atoms with E-state index in [1.165, 1.54) is 35.2 Å². The number of carbonyl (C=O) groups is 2. The molecule has 3 aromatic rings. The summed E-state index contributed by atoms with van der Waals surface area (Å²) in [6.07, 6.45) is -0.276. The van der Waals surface area contributed by atoms with Gasteiger partial charge in [0, 0.05) is 28.1 Å². The minimum absolute atomic E-state index is 0.0396. The monoisotopic (exact) mass is 641 g/mol. The number of azide groups is 1. The second-order valence-electron chi connectivity index (χ2n) is 12.4. The molecule has 1 aliphatic heterocycles. The van der Waals surface area contributed by atoms with Crippen molar-refractivity contribution in [3.63, 3.8) is 0 Å². The molecule has 9 nitrogen and oxygen atoms in total. The molecule has 0 aromatic heterocycles. The second kappa shape index (κ2) is 13.8. The minimum Gasteiger partial charge on any atom is -0.444 e. The highest BCUT2D eigenvalue weighted by molar-refractivity contribution is 5.96. The van der Waals surface area contributed by atoms with Crippen molar-refractivity contribution in [2.75, 3.05) is 11.9 Å². The first-order valence-corrected chi connectivity index (χ1v) is 14.6. The average molecular weight is 642 g/mol. The summed E-state index contributed by atoms with van der Waals surface area (Å²) in [7, 11) is 0. The fourth-order valence-corrected chi connectivity index (χ4v) is 5.53. The highest BCUT2D eigenvalue weighted by atomic mass is 19.1. The number of nitrogens with one attached hydrogen (secondary N) is 1. The fraction of sp³-hybridized carbons (Fsp3) is 0.394. The SMILES string of the molecule is CC(C)(C)OC(=O)N1C(CCc2c(F)cccc2NC(=O)[C@@H](N=[N+]=[N-])[C@@H](c2ccc(F)cc2)c2cc(F)cc(F)c2)COC1(C)C. The van der Waals surface area contributed by atoms with Crippen LogP contribution in [-0.4, -0.2) is 46.9 Å². The van der Waals surface area contributed by atoms with Gasteiger partial charge in [-0.2, -0.15) is 0 Å². The minimum atomic E-state index is -1.63. The summed E-state index contributed by atoms with van der Waals surface area (Å²) < 4.78 is 69.1. The van der Waals surface area contributed by atoms with Crippen LogP contribution < -0.4 is 5.32 Å². The number of halogens is 4. The van der Waals surface area contributed by atoms with Crippen molar-refractivity contribution in [3.05, 3.63) is 111 Å². The van der Waals surface area contributed by atoms with E-state index in [4.69, 9.17) is 9.47 Å². The average Bonchev–Trinajstić information content (AvgIpc) is 3.25. The lowest BCUT2D eigenvalue weighted by Crippen LogP contribution is -2.50. The van der Waals surface area contributed by atoms with E-state index in [-0.39, 0.29) is 41.8 Å². The third-order valence-electron chi connectivity index (χ3n) is 7.50. The summed E-state index contributed by atoms with van der Waals surface area (Å²) in [5, 5.41) is 6.26. The maximum absolute atomic E-state index is 15.3. The molecule has 244 valence electrons. The molecule has 0 radical (unpaired) electrons. The molecule has 1 heterocycles. The van der Waals surface area contributed by atoms with Crippen LogP contribution >= 0.6 is 0 Å². The molecular formula is C33H35F4N5O4. The van der Waals surface area contributed by atoms with Gasteiger partial charge in [-0.05, 0) is 101 Å². The van der Waals surface area contributed by atoms with E-state index >= 15 is 4.39 Å². The Bertz CT molecular complexity index is 1620. The Hall–Kier alpha value is -4.61. The second-order valence-corrected chi connectivity index (χ2v) is 12.4. The summed E-state index contributed by atoms with van der Waals surface area (Å²) in [6.45, 7) is 8.85. The van der Waals surface area contributed by atoms with Crippen molar-refractivity contribution < 1.29 is 36.6 Å².